The monoisotopic (exact) mass is 435 g/mol. The third kappa shape index (κ3) is 4.25. The lowest BCUT2D eigenvalue weighted by atomic mass is 10.1. The van der Waals surface area contributed by atoms with Crippen molar-refractivity contribution in [2.45, 2.75) is 31.5 Å². The van der Waals surface area contributed by atoms with Crippen LogP contribution in [0.3, 0.4) is 0 Å². The third-order valence-electron chi connectivity index (χ3n) is 5.39. The molecule has 0 radical (unpaired) electrons. The number of hydrogen-bond acceptors (Lipinski definition) is 5. The van der Waals surface area contributed by atoms with E-state index in [1.165, 1.54) is 23.2 Å². The van der Waals surface area contributed by atoms with Crippen molar-refractivity contribution in [2.24, 2.45) is 7.05 Å². The second-order valence-electron chi connectivity index (χ2n) is 7.65. The molecule has 0 aliphatic carbocycles. The smallest absolute Gasteiger partial charge is 0.366 e. The Bertz CT molecular complexity index is 1100. The lowest BCUT2D eigenvalue weighted by Crippen LogP contribution is -2.48. The lowest BCUT2D eigenvalue weighted by molar-refractivity contribution is -0.133. The highest BCUT2D eigenvalue weighted by molar-refractivity contribution is 6.05. The van der Waals surface area contributed by atoms with Crippen LogP contribution in [-0.4, -0.2) is 46.7 Å². The Morgan fingerprint density at radius 2 is 2.03 bits per heavy atom. The molecule has 1 fully saturated rings. The molecular formula is C20H20F3N5O3. The number of rotatable bonds is 4. The average molecular weight is 435 g/mol. The highest BCUT2D eigenvalue weighted by atomic mass is 19.4. The number of carbonyl (C=O) groups is 2. The van der Waals surface area contributed by atoms with E-state index in [9.17, 15) is 27.6 Å². The number of pyridine rings is 2. The summed E-state index contributed by atoms with van der Waals surface area (Å²) in [6.45, 7) is 1.24. The molecule has 1 atom stereocenters. The highest BCUT2D eigenvalue weighted by Gasteiger charge is 2.40. The predicted octanol–water partition coefficient (Wildman–Crippen LogP) is 2.94. The molecule has 11 heteroatoms. The van der Waals surface area contributed by atoms with E-state index < -0.39 is 30.8 Å². The van der Waals surface area contributed by atoms with Gasteiger partial charge in [-0.05, 0) is 18.6 Å². The van der Waals surface area contributed by atoms with E-state index in [4.69, 9.17) is 0 Å². The SMILES string of the molecule is Cn1ccc(=O)c(NC(=O)N2c3nc(C(=O)CCC(F)(F)F)ccc3N3CC[C@H]2C3)c1. The van der Waals surface area contributed by atoms with Gasteiger partial charge in [-0.1, -0.05) is 0 Å². The zero-order chi connectivity index (χ0) is 22.3. The van der Waals surface area contributed by atoms with Crippen LogP contribution in [0.5, 0.6) is 0 Å². The Morgan fingerprint density at radius 3 is 2.77 bits per heavy atom. The van der Waals surface area contributed by atoms with Crippen LogP contribution in [0, 0.1) is 0 Å². The van der Waals surface area contributed by atoms with Gasteiger partial charge in [0.25, 0.3) is 0 Å². The Balaban J connectivity index is 1.64. The van der Waals surface area contributed by atoms with E-state index in [0.717, 1.165) is 0 Å². The van der Waals surface area contributed by atoms with Crippen LogP contribution in [0.15, 0.2) is 35.4 Å². The highest BCUT2D eigenvalue weighted by Crippen LogP contribution is 2.39. The summed E-state index contributed by atoms with van der Waals surface area (Å²) in [6.07, 6.45) is -2.69. The largest absolute Gasteiger partial charge is 0.389 e. The number of halogens is 3. The van der Waals surface area contributed by atoms with Crippen molar-refractivity contribution in [3.63, 3.8) is 0 Å². The van der Waals surface area contributed by atoms with Crippen LogP contribution in [-0.2, 0) is 7.05 Å². The maximum absolute atomic E-state index is 13.1. The van der Waals surface area contributed by atoms with Crippen molar-refractivity contribution in [1.29, 1.82) is 0 Å². The molecule has 164 valence electrons. The Labute approximate surface area is 175 Å². The zero-order valence-corrected chi connectivity index (χ0v) is 16.6. The fourth-order valence-electron chi connectivity index (χ4n) is 3.86. The summed E-state index contributed by atoms with van der Waals surface area (Å²) in [7, 11) is 1.71. The van der Waals surface area contributed by atoms with Crippen LogP contribution in [0.2, 0.25) is 0 Å². The number of aromatic nitrogens is 2. The molecule has 1 saturated heterocycles. The van der Waals surface area contributed by atoms with Gasteiger partial charge >= 0.3 is 12.2 Å². The molecule has 31 heavy (non-hydrogen) atoms. The van der Waals surface area contributed by atoms with Gasteiger partial charge in [0.1, 0.15) is 11.4 Å². The van der Waals surface area contributed by atoms with E-state index in [1.54, 1.807) is 23.9 Å². The third-order valence-corrected chi connectivity index (χ3v) is 5.39. The van der Waals surface area contributed by atoms with Crippen molar-refractivity contribution in [3.8, 4) is 0 Å². The number of nitrogens with one attached hydrogen (secondary N) is 1. The number of anilines is 3. The first-order valence-electron chi connectivity index (χ1n) is 9.75. The number of nitrogens with zero attached hydrogens (tertiary/aromatic N) is 4. The zero-order valence-electron chi connectivity index (χ0n) is 16.6. The molecule has 4 rings (SSSR count). The van der Waals surface area contributed by atoms with Crippen molar-refractivity contribution in [2.75, 3.05) is 28.2 Å². The van der Waals surface area contributed by atoms with Gasteiger partial charge in [-0.25, -0.2) is 9.78 Å². The second-order valence-corrected chi connectivity index (χ2v) is 7.65. The minimum absolute atomic E-state index is 0.0920. The minimum atomic E-state index is -4.44. The molecule has 2 aliphatic heterocycles. The van der Waals surface area contributed by atoms with Crippen molar-refractivity contribution in [1.82, 2.24) is 9.55 Å². The maximum atomic E-state index is 13.1. The molecule has 4 heterocycles. The summed E-state index contributed by atoms with van der Waals surface area (Å²) in [4.78, 5) is 45.1. The van der Waals surface area contributed by atoms with E-state index in [-0.39, 0.29) is 28.7 Å². The molecule has 0 unspecified atom stereocenters. The second kappa shape index (κ2) is 7.71. The standard InChI is InChI=1S/C20H20F3N5O3/c1-26-8-6-17(30)14(11-26)25-19(31)28-12-5-9-27(10-12)15-3-2-13(24-18(15)28)16(29)4-7-20(21,22)23/h2-3,6,8,11-12H,4-5,7,9-10H2,1H3,(H,25,31)/t12-/m0/s1. The summed E-state index contributed by atoms with van der Waals surface area (Å²) in [6, 6.07) is 3.51. The molecule has 2 bridgehead atoms. The number of carbonyl (C=O) groups excluding carboxylic acids is 2. The van der Waals surface area contributed by atoms with Crippen LogP contribution in [0.1, 0.15) is 29.8 Å². The van der Waals surface area contributed by atoms with Gasteiger partial charge in [0.2, 0.25) is 5.43 Å². The molecule has 0 saturated carbocycles. The molecule has 2 amide bonds. The summed E-state index contributed by atoms with van der Waals surface area (Å²) in [5, 5.41) is 2.60. The molecule has 2 aromatic rings. The molecule has 0 aromatic carbocycles. The van der Waals surface area contributed by atoms with Gasteiger partial charge < -0.3 is 14.8 Å². The molecule has 2 aliphatic rings. The first-order valence-corrected chi connectivity index (χ1v) is 9.75. The van der Waals surface area contributed by atoms with Gasteiger partial charge in [-0.15, -0.1) is 0 Å². The number of urea groups is 1. The van der Waals surface area contributed by atoms with Gasteiger partial charge in [-0.2, -0.15) is 13.2 Å². The summed E-state index contributed by atoms with van der Waals surface area (Å²) < 4.78 is 39.1. The molecule has 2 aromatic heterocycles. The quantitative estimate of drug-likeness (QED) is 0.747. The topological polar surface area (TPSA) is 87.5 Å². The lowest BCUT2D eigenvalue weighted by Gasteiger charge is -2.35. The number of amides is 2. The molecule has 0 spiro atoms. The van der Waals surface area contributed by atoms with E-state index >= 15 is 0 Å². The van der Waals surface area contributed by atoms with Crippen LogP contribution < -0.4 is 20.5 Å². The van der Waals surface area contributed by atoms with Gasteiger partial charge in [0.15, 0.2) is 11.6 Å². The number of fused-ring (bicyclic) bond motifs is 4. The average Bonchev–Trinajstić information content (AvgIpc) is 3.12. The predicted molar refractivity (Wildman–Crippen MR) is 108 cm³/mol. The first kappa shape index (κ1) is 20.9. The van der Waals surface area contributed by atoms with Crippen molar-refractivity contribution in [3.05, 3.63) is 46.5 Å². The van der Waals surface area contributed by atoms with Crippen LogP contribution in [0.25, 0.3) is 0 Å². The number of ketones is 1. The number of aryl methyl sites for hydroxylation is 1. The fourth-order valence-corrected chi connectivity index (χ4v) is 3.86. The van der Waals surface area contributed by atoms with E-state index in [0.29, 0.717) is 25.2 Å². The van der Waals surface area contributed by atoms with E-state index in [2.05, 4.69) is 10.3 Å². The Morgan fingerprint density at radius 1 is 1.26 bits per heavy atom. The first-order chi connectivity index (χ1) is 14.6. The Hall–Kier alpha value is -3.37. The van der Waals surface area contributed by atoms with Crippen molar-refractivity contribution >= 4 is 29.0 Å². The number of alkyl halides is 3. The maximum Gasteiger partial charge on any atom is 0.389 e. The molecule has 8 nitrogen and oxygen atoms in total. The summed E-state index contributed by atoms with van der Waals surface area (Å²) >= 11 is 0. The molecule has 1 N–H and O–H groups in total. The fraction of sp³-hybridized carbons (Fsp3) is 0.400. The number of Topliss-reactive ketones (excluding diaryl/α,β-unsaturated/α-hetero) is 1. The minimum Gasteiger partial charge on any atom is -0.366 e. The van der Waals surface area contributed by atoms with Crippen LogP contribution >= 0.6 is 0 Å². The van der Waals surface area contributed by atoms with Crippen molar-refractivity contribution < 1.29 is 22.8 Å². The van der Waals surface area contributed by atoms with Gasteiger partial charge in [0.05, 0.1) is 18.2 Å². The Kier molecular flexibility index (Phi) is 5.19. The van der Waals surface area contributed by atoms with Gasteiger partial charge in [-0.3, -0.25) is 14.5 Å². The van der Waals surface area contributed by atoms with Crippen LogP contribution in [0.4, 0.5) is 35.2 Å². The summed E-state index contributed by atoms with van der Waals surface area (Å²) in [5.41, 5.74) is 0.228. The van der Waals surface area contributed by atoms with Gasteiger partial charge in [0, 0.05) is 45.0 Å². The van der Waals surface area contributed by atoms with E-state index in [1.807, 2.05) is 4.90 Å². The summed E-state index contributed by atoms with van der Waals surface area (Å²) in [5.74, 6) is -0.540. The number of hydrogen-bond donors (Lipinski definition) is 1. The normalized spacial score (nSPS) is 17.5. The molecular weight excluding hydrogens is 415 g/mol.